The lowest BCUT2D eigenvalue weighted by molar-refractivity contribution is -0.120. The minimum atomic E-state index is -0.618. The van der Waals surface area contributed by atoms with Gasteiger partial charge in [-0.2, -0.15) is 5.10 Å². The Bertz CT molecular complexity index is 1190. The summed E-state index contributed by atoms with van der Waals surface area (Å²) in [4.78, 5) is 39.5. The minimum absolute atomic E-state index is 0.172. The Kier molecular flexibility index (Phi) is 6.82. The van der Waals surface area contributed by atoms with Crippen LogP contribution in [0.25, 0.3) is 0 Å². The van der Waals surface area contributed by atoms with Crippen LogP contribution in [0.4, 0.5) is 0 Å². The van der Waals surface area contributed by atoms with Gasteiger partial charge in [0.2, 0.25) is 5.91 Å². The van der Waals surface area contributed by atoms with E-state index in [1.165, 1.54) is 6.21 Å². The quantitative estimate of drug-likeness (QED) is 0.397. The number of aromatic nitrogens is 2. The van der Waals surface area contributed by atoms with E-state index in [1.807, 2.05) is 30.3 Å². The molecule has 3 N–H and O–H groups in total. The van der Waals surface area contributed by atoms with E-state index in [4.69, 9.17) is 16.3 Å². The first-order valence-electron chi connectivity index (χ1n) is 9.02. The van der Waals surface area contributed by atoms with Crippen molar-refractivity contribution in [3.63, 3.8) is 0 Å². The van der Waals surface area contributed by atoms with Gasteiger partial charge in [-0.3, -0.25) is 14.6 Å². The highest BCUT2D eigenvalue weighted by Crippen LogP contribution is 2.25. The molecule has 8 nitrogen and oxygen atoms in total. The first-order chi connectivity index (χ1) is 14.4. The highest BCUT2D eigenvalue weighted by Gasteiger charge is 2.10. The maximum Gasteiger partial charge on any atom is 0.325 e. The summed E-state index contributed by atoms with van der Waals surface area (Å²) in [5.41, 5.74) is 3.31. The number of nitrogens with zero attached hydrogens (tertiary/aromatic N) is 1. The van der Waals surface area contributed by atoms with E-state index >= 15 is 0 Å². The molecule has 0 spiro atoms. The van der Waals surface area contributed by atoms with Gasteiger partial charge < -0.3 is 9.72 Å². The molecule has 1 heterocycles. The van der Waals surface area contributed by atoms with Gasteiger partial charge in [-0.1, -0.05) is 41.9 Å². The first-order valence-corrected chi connectivity index (χ1v) is 9.40. The summed E-state index contributed by atoms with van der Waals surface area (Å²) in [5, 5.41) is 4.28. The van der Waals surface area contributed by atoms with Crippen molar-refractivity contribution >= 4 is 23.7 Å². The number of aryl methyl sites for hydroxylation is 1. The number of nitrogens with one attached hydrogen (secondary N) is 3. The summed E-state index contributed by atoms with van der Waals surface area (Å²) >= 11 is 6.25. The Hall–Kier alpha value is -3.65. The SMILES string of the molecule is Cc1[nH]c(=O)[nH]c(=O)c1CC(=O)N/N=C\c1ccc(OCc2ccccc2)c(Cl)c1. The number of aromatic amines is 2. The fourth-order valence-corrected chi connectivity index (χ4v) is 2.91. The minimum Gasteiger partial charge on any atom is -0.487 e. The maximum absolute atomic E-state index is 12.0. The zero-order chi connectivity index (χ0) is 21.5. The van der Waals surface area contributed by atoms with Gasteiger partial charge in [-0.15, -0.1) is 0 Å². The number of hydrogen-bond donors (Lipinski definition) is 3. The number of ether oxygens (including phenoxy) is 1. The number of benzene rings is 2. The molecular formula is C21H19ClN4O4. The number of H-pyrrole nitrogens is 2. The summed E-state index contributed by atoms with van der Waals surface area (Å²) in [6.07, 6.45) is 1.21. The van der Waals surface area contributed by atoms with Crippen LogP contribution >= 0.6 is 11.6 Å². The second kappa shape index (κ2) is 9.71. The zero-order valence-electron chi connectivity index (χ0n) is 16.1. The molecule has 0 unspecified atom stereocenters. The molecule has 0 aliphatic heterocycles. The second-order valence-electron chi connectivity index (χ2n) is 6.45. The van der Waals surface area contributed by atoms with Gasteiger partial charge >= 0.3 is 5.69 Å². The van der Waals surface area contributed by atoms with Crippen molar-refractivity contribution in [2.75, 3.05) is 0 Å². The molecular weight excluding hydrogens is 408 g/mol. The number of carbonyl (C=O) groups excluding carboxylic acids is 1. The molecule has 9 heteroatoms. The zero-order valence-corrected chi connectivity index (χ0v) is 16.8. The van der Waals surface area contributed by atoms with Crippen LogP contribution in [0.1, 0.15) is 22.4 Å². The normalized spacial score (nSPS) is 10.9. The number of rotatable bonds is 7. The molecule has 2 aromatic carbocycles. The number of hydrazone groups is 1. The average molecular weight is 427 g/mol. The van der Waals surface area contributed by atoms with Crippen molar-refractivity contribution in [3.05, 3.63) is 96.8 Å². The van der Waals surface area contributed by atoms with Gasteiger partial charge in [0.25, 0.3) is 5.56 Å². The van der Waals surface area contributed by atoms with Gasteiger partial charge in [0, 0.05) is 11.3 Å². The monoisotopic (exact) mass is 426 g/mol. The number of hydrogen-bond acceptors (Lipinski definition) is 5. The average Bonchev–Trinajstić information content (AvgIpc) is 2.71. The summed E-state index contributed by atoms with van der Waals surface area (Å²) in [7, 11) is 0. The summed E-state index contributed by atoms with van der Waals surface area (Å²) < 4.78 is 5.71. The van der Waals surface area contributed by atoms with Crippen LogP contribution in [-0.4, -0.2) is 22.1 Å². The molecule has 0 fully saturated rings. The van der Waals surface area contributed by atoms with Crippen LogP contribution in [0.2, 0.25) is 5.02 Å². The molecule has 0 atom stereocenters. The van der Waals surface area contributed by atoms with E-state index in [9.17, 15) is 14.4 Å². The van der Waals surface area contributed by atoms with E-state index in [0.29, 0.717) is 28.6 Å². The van der Waals surface area contributed by atoms with Crippen LogP contribution in [0.15, 0.2) is 63.2 Å². The number of amides is 1. The standard InChI is InChI=1S/C21H19ClN4O4/c1-13-16(20(28)25-21(29)24-13)10-19(27)26-23-11-15-7-8-18(17(22)9-15)30-12-14-5-3-2-4-6-14/h2-9,11H,10,12H2,1H3,(H,26,27)(H2,24,25,28,29)/b23-11-. The molecule has 0 radical (unpaired) electrons. The molecule has 1 amide bonds. The molecule has 30 heavy (non-hydrogen) atoms. The Balaban J connectivity index is 1.57. The second-order valence-corrected chi connectivity index (χ2v) is 6.85. The Morgan fingerprint density at radius 3 is 2.63 bits per heavy atom. The molecule has 0 bridgehead atoms. The van der Waals surface area contributed by atoms with Gasteiger partial charge in [0.1, 0.15) is 12.4 Å². The van der Waals surface area contributed by atoms with Crippen molar-refractivity contribution < 1.29 is 9.53 Å². The van der Waals surface area contributed by atoms with Crippen LogP contribution in [0.3, 0.4) is 0 Å². The fraction of sp³-hybridized carbons (Fsp3) is 0.143. The van der Waals surface area contributed by atoms with Gasteiger partial charge in [0.05, 0.1) is 17.7 Å². The third-order valence-corrected chi connectivity index (χ3v) is 4.48. The molecule has 0 aliphatic carbocycles. The summed E-state index contributed by atoms with van der Waals surface area (Å²) in [6.45, 7) is 1.94. The Morgan fingerprint density at radius 2 is 1.93 bits per heavy atom. The van der Waals surface area contributed by atoms with E-state index in [2.05, 4.69) is 20.5 Å². The van der Waals surface area contributed by atoms with Gasteiger partial charge in [0.15, 0.2) is 0 Å². The molecule has 0 aliphatic rings. The van der Waals surface area contributed by atoms with Crippen molar-refractivity contribution in [2.45, 2.75) is 20.0 Å². The van der Waals surface area contributed by atoms with Gasteiger partial charge in [-0.05, 0) is 36.2 Å². The predicted octanol–water partition coefficient (Wildman–Crippen LogP) is 2.30. The topological polar surface area (TPSA) is 116 Å². The lowest BCUT2D eigenvalue weighted by Crippen LogP contribution is -2.30. The molecule has 154 valence electrons. The lowest BCUT2D eigenvalue weighted by atomic mass is 10.1. The van der Waals surface area contributed by atoms with Crippen molar-refractivity contribution in [3.8, 4) is 5.75 Å². The number of carbonyl (C=O) groups is 1. The Labute approximate surface area is 176 Å². The van der Waals surface area contributed by atoms with E-state index in [1.54, 1.807) is 25.1 Å². The highest BCUT2D eigenvalue weighted by atomic mass is 35.5. The van der Waals surface area contributed by atoms with E-state index in [-0.39, 0.29) is 12.0 Å². The Morgan fingerprint density at radius 1 is 1.17 bits per heavy atom. The molecule has 1 aromatic heterocycles. The smallest absolute Gasteiger partial charge is 0.325 e. The molecule has 3 aromatic rings. The van der Waals surface area contributed by atoms with Gasteiger partial charge in [-0.25, -0.2) is 10.2 Å². The molecule has 0 saturated carbocycles. The van der Waals surface area contributed by atoms with Crippen molar-refractivity contribution in [1.29, 1.82) is 0 Å². The molecule has 0 saturated heterocycles. The van der Waals surface area contributed by atoms with Crippen LogP contribution in [0, 0.1) is 6.92 Å². The number of halogens is 1. The maximum atomic E-state index is 12.0. The largest absolute Gasteiger partial charge is 0.487 e. The highest BCUT2D eigenvalue weighted by molar-refractivity contribution is 6.32. The third-order valence-electron chi connectivity index (χ3n) is 4.19. The predicted molar refractivity (Wildman–Crippen MR) is 114 cm³/mol. The van der Waals surface area contributed by atoms with E-state index < -0.39 is 17.2 Å². The molecule has 3 rings (SSSR count). The van der Waals surface area contributed by atoms with Crippen LogP contribution < -0.4 is 21.4 Å². The van der Waals surface area contributed by atoms with Crippen molar-refractivity contribution in [1.82, 2.24) is 15.4 Å². The van der Waals surface area contributed by atoms with E-state index in [0.717, 1.165) is 5.56 Å². The van der Waals surface area contributed by atoms with Crippen LogP contribution in [-0.2, 0) is 17.8 Å². The summed E-state index contributed by atoms with van der Waals surface area (Å²) in [6, 6.07) is 14.8. The van der Waals surface area contributed by atoms with Crippen molar-refractivity contribution in [2.24, 2.45) is 5.10 Å². The lowest BCUT2D eigenvalue weighted by Gasteiger charge is -2.08. The van der Waals surface area contributed by atoms with Crippen LogP contribution in [0.5, 0.6) is 5.75 Å². The first kappa shape index (κ1) is 21.1. The third kappa shape index (κ3) is 5.68. The summed E-state index contributed by atoms with van der Waals surface area (Å²) in [5.74, 6) is 0.0373. The fourth-order valence-electron chi connectivity index (χ4n) is 2.67.